The summed E-state index contributed by atoms with van der Waals surface area (Å²) >= 11 is 1.52. The van der Waals surface area contributed by atoms with Crippen LogP contribution in [0.1, 0.15) is 15.9 Å². The molecule has 3 aromatic rings. The Morgan fingerprint density at radius 3 is 2.86 bits per heavy atom. The number of aromatic nitrogens is 2. The van der Waals surface area contributed by atoms with Gasteiger partial charge in [0.2, 0.25) is 0 Å². The maximum atomic E-state index is 10.9. The number of pyridine rings is 1. The number of thiazole rings is 1. The van der Waals surface area contributed by atoms with Crippen molar-refractivity contribution in [1.82, 2.24) is 9.97 Å². The summed E-state index contributed by atoms with van der Waals surface area (Å²) in [6.45, 7) is 1.92. The molecule has 0 atom stereocenters. The highest BCUT2D eigenvalue weighted by Gasteiger charge is 2.07. The third kappa shape index (κ3) is 2.98. The average molecular weight is 295 g/mol. The predicted octanol–water partition coefficient (Wildman–Crippen LogP) is 4.07. The van der Waals surface area contributed by atoms with Gasteiger partial charge in [0, 0.05) is 22.7 Å². The first-order valence-corrected chi connectivity index (χ1v) is 7.34. The first-order valence-electron chi connectivity index (χ1n) is 6.46. The number of carbonyl (C=O) groups excluding carboxylic acids is 1. The molecule has 0 bridgehead atoms. The fourth-order valence-electron chi connectivity index (χ4n) is 1.98. The van der Waals surface area contributed by atoms with Crippen LogP contribution < -0.4 is 5.32 Å². The lowest BCUT2D eigenvalue weighted by Gasteiger charge is -2.02. The van der Waals surface area contributed by atoms with E-state index in [1.54, 1.807) is 6.20 Å². The average Bonchev–Trinajstić information content (AvgIpc) is 2.97. The topological polar surface area (TPSA) is 54.9 Å². The summed E-state index contributed by atoms with van der Waals surface area (Å²) in [5.41, 5.74) is 3.55. The first-order chi connectivity index (χ1) is 10.3. The Hall–Kier alpha value is -2.53. The molecule has 0 saturated carbocycles. The number of hydrogen-bond acceptors (Lipinski definition) is 5. The van der Waals surface area contributed by atoms with Gasteiger partial charge in [-0.2, -0.15) is 0 Å². The second-order valence-electron chi connectivity index (χ2n) is 4.57. The van der Waals surface area contributed by atoms with Crippen molar-refractivity contribution in [3.05, 3.63) is 59.1 Å². The summed E-state index contributed by atoms with van der Waals surface area (Å²) in [6, 6.07) is 11.4. The second kappa shape index (κ2) is 5.85. The largest absolute Gasteiger partial charge is 0.316 e. The zero-order valence-electron chi connectivity index (χ0n) is 11.4. The zero-order valence-corrected chi connectivity index (χ0v) is 12.2. The summed E-state index contributed by atoms with van der Waals surface area (Å²) in [7, 11) is 0. The fourth-order valence-corrected chi connectivity index (χ4v) is 2.70. The number of aldehydes is 1. The van der Waals surface area contributed by atoms with E-state index < -0.39 is 0 Å². The van der Waals surface area contributed by atoms with Crippen molar-refractivity contribution in [1.29, 1.82) is 0 Å². The highest BCUT2D eigenvalue weighted by molar-refractivity contribution is 7.14. The van der Waals surface area contributed by atoms with Crippen LogP contribution in [-0.4, -0.2) is 16.3 Å². The Morgan fingerprint density at radius 2 is 2.14 bits per heavy atom. The van der Waals surface area contributed by atoms with Crippen molar-refractivity contribution in [2.24, 2.45) is 0 Å². The molecule has 21 heavy (non-hydrogen) atoms. The molecule has 0 aliphatic rings. The van der Waals surface area contributed by atoms with E-state index in [0.717, 1.165) is 34.1 Å². The summed E-state index contributed by atoms with van der Waals surface area (Å²) in [6.07, 6.45) is 2.60. The maximum absolute atomic E-state index is 10.9. The van der Waals surface area contributed by atoms with Gasteiger partial charge in [0.05, 0.1) is 5.69 Å². The van der Waals surface area contributed by atoms with Crippen LogP contribution in [0.4, 0.5) is 10.9 Å². The molecule has 1 N–H and O–H groups in total. The van der Waals surface area contributed by atoms with E-state index in [9.17, 15) is 4.79 Å². The number of hydrogen-bond donors (Lipinski definition) is 1. The molecule has 104 valence electrons. The maximum Gasteiger partial charge on any atom is 0.188 e. The minimum absolute atomic E-state index is 0.709. The molecule has 0 spiro atoms. The van der Waals surface area contributed by atoms with Gasteiger partial charge in [-0.3, -0.25) is 4.79 Å². The molecule has 2 heterocycles. The predicted molar refractivity (Wildman–Crippen MR) is 85.2 cm³/mol. The quantitative estimate of drug-likeness (QED) is 0.737. The molecule has 5 heteroatoms. The van der Waals surface area contributed by atoms with Crippen LogP contribution in [0.25, 0.3) is 11.3 Å². The molecular formula is C16H13N3OS. The van der Waals surface area contributed by atoms with E-state index in [-0.39, 0.29) is 0 Å². The number of aryl methyl sites for hydroxylation is 1. The second-order valence-corrected chi connectivity index (χ2v) is 5.43. The van der Waals surface area contributed by atoms with Crippen molar-refractivity contribution in [3.8, 4) is 11.3 Å². The third-order valence-corrected chi connectivity index (χ3v) is 3.85. The molecule has 3 rings (SSSR count). The van der Waals surface area contributed by atoms with Crippen LogP contribution in [0, 0.1) is 6.92 Å². The van der Waals surface area contributed by atoms with Crippen LogP contribution in [0.2, 0.25) is 0 Å². The van der Waals surface area contributed by atoms with Crippen molar-refractivity contribution in [2.45, 2.75) is 6.92 Å². The van der Waals surface area contributed by atoms with Crippen LogP contribution >= 0.6 is 11.3 Å². The van der Waals surface area contributed by atoms with Gasteiger partial charge in [0.15, 0.2) is 5.13 Å². The molecule has 0 amide bonds. The normalized spacial score (nSPS) is 10.3. The van der Waals surface area contributed by atoms with Gasteiger partial charge in [0.1, 0.15) is 12.1 Å². The van der Waals surface area contributed by atoms with E-state index in [0.29, 0.717) is 5.56 Å². The zero-order chi connectivity index (χ0) is 14.7. The minimum atomic E-state index is 0.709. The smallest absolute Gasteiger partial charge is 0.188 e. The summed E-state index contributed by atoms with van der Waals surface area (Å²) in [4.78, 5) is 19.6. The standard InChI is InChI=1S/C16H13N3OS/c1-11-8-12(5-6-13(11)9-20)14-10-21-16(18-14)19-15-4-2-3-7-17-15/h2-10H,1H3,(H,17,18,19). The molecule has 1 aromatic carbocycles. The number of rotatable bonds is 4. The molecule has 0 saturated heterocycles. The van der Waals surface area contributed by atoms with E-state index in [1.807, 2.05) is 48.7 Å². The lowest BCUT2D eigenvalue weighted by molar-refractivity contribution is 0.112. The van der Waals surface area contributed by atoms with E-state index in [1.165, 1.54) is 11.3 Å². The van der Waals surface area contributed by atoms with Crippen molar-refractivity contribution in [2.75, 3.05) is 5.32 Å². The lowest BCUT2D eigenvalue weighted by atomic mass is 10.0. The Bertz CT molecular complexity index is 768. The van der Waals surface area contributed by atoms with Gasteiger partial charge in [-0.15, -0.1) is 11.3 Å². The highest BCUT2D eigenvalue weighted by atomic mass is 32.1. The van der Waals surface area contributed by atoms with E-state index >= 15 is 0 Å². The molecule has 0 fully saturated rings. The third-order valence-electron chi connectivity index (χ3n) is 3.10. The Kier molecular flexibility index (Phi) is 3.75. The van der Waals surface area contributed by atoms with Gasteiger partial charge in [-0.05, 0) is 30.7 Å². The first kappa shape index (κ1) is 13.5. The Morgan fingerprint density at radius 1 is 1.24 bits per heavy atom. The molecule has 2 aromatic heterocycles. The fraction of sp³-hybridized carbons (Fsp3) is 0.0625. The van der Waals surface area contributed by atoms with Crippen LogP contribution in [0.5, 0.6) is 0 Å². The number of benzene rings is 1. The molecular weight excluding hydrogens is 282 g/mol. The minimum Gasteiger partial charge on any atom is -0.316 e. The highest BCUT2D eigenvalue weighted by Crippen LogP contribution is 2.27. The van der Waals surface area contributed by atoms with Gasteiger partial charge in [0.25, 0.3) is 0 Å². The van der Waals surface area contributed by atoms with Crippen LogP contribution in [-0.2, 0) is 0 Å². The van der Waals surface area contributed by atoms with Crippen LogP contribution in [0.15, 0.2) is 48.0 Å². The molecule has 0 unspecified atom stereocenters. The number of nitrogens with zero attached hydrogens (tertiary/aromatic N) is 2. The summed E-state index contributed by atoms with van der Waals surface area (Å²) < 4.78 is 0. The van der Waals surface area contributed by atoms with Crippen molar-refractivity contribution in [3.63, 3.8) is 0 Å². The van der Waals surface area contributed by atoms with Crippen LogP contribution in [0.3, 0.4) is 0 Å². The molecule has 0 radical (unpaired) electrons. The van der Waals surface area contributed by atoms with Crippen molar-refractivity contribution < 1.29 is 4.79 Å². The number of anilines is 2. The molecule has 4 nitrogen and oxygen atoms in total. The lowest BCUT2D eigenvalue weighted by Crippen LogP contribution is -1.92. The van der Waals surface area contributed by atoms with Gasteiger partial charge in [-0.25, -0.2) is 9.97 Å². The summed E-state index contributed by atoms with van der Waals surface area (Å²) in [5.74, 6) is 0.769. The SMILES string of the molecule is Cc1cc(-c2csc(Nc3ccccn3)n2)ccc1C=O. The van der Waals surface area contributed by atoms with Gasteiger partial charge >= 0.3 is 0 Å². The summed E-state index contributed by atoms with van der Waals surface area (Å²) in [5, 5.41) is 5.95. The Balaban J connectivity index is 1.85. The molecule has 0 aliphatic carbocycles. The van der Waals surface area contributed by atoms with E-state index in [4.69, 9.17) is 0 Å². The van der Waals surface area contributed by atoms with Gasteiger partial charge < -0.3 is 5.32 Å². The van der Waals surface area contributed by atoms with Crippen molar-refractivity contribution >= 4 is 28.6 Å². The number of carbonyl (C=O) groups is 1. The molecule has 0 aliphatic heterocycles. The monoisotopic (exact) mass is 295 g/mol. The van der Waals surface area contributed by atoms with E-state index in [2.05, 4.69) is 15.3 Å². The number of nitrogens with one attached hydrogen (secondary N) is 1. The van der Waals surface area contributed by atoms with Gasteiger partial charge in [-0.1, -0.05) is 18.2 Å². The Labute approximate surface area is 126 Å².